The quantitative estimate of drug-likeness (QED) is 0.411. The number of benzene rings is 1. The van der Waals surface area contributed by atoms with Gasteiger partial charge in [-0.3, -0.25) is 0 Å². The van der Waals surface area contributed by atoms with E-state index in [1.54, 1.807) is 0 Å². The van der Waals surface area contributed by atoms with Gasteiger partial charge < -0.3 is 5.11 Å². The van der Waals surface area contributed by atoms with E-state index in [4.69, 9.17) is 46.4 Å². The van der Waals surface area contributed by atoms with Gasteiger partial charge in [-0.15, -0.1) is 11.8 Å². The number of allylic oxidation sites excluding steroid dienone is 1. The van der Waals surface area contributed by atoms with E-state index in [0.29, 0.717) is 10.6 Å². The molecule has 0 amide bonds. The van der Waals surface area contributed by atoms with Crippen LogP contribution in [-0.4, -0.2) is 10.9 Å². The minimum absolute atomic E-state index is 0.0306. The molecule has 0 unspecified atom stereocenters. The van der Waals surface area contributed by atoms with Crippen LogP contribution in [-0.2, 0) is 0 Å². The monoisotopic (exact) mass is 330 g/mol. The molecule has 0 bridgehead atoms. The maximum absolute atomic E-state index is 9.55. The zero-order valence-corrected chi connectivity index (χ0v) is 12.8. The first-order valence-electron chi connectivity index (χ1n) is 4.83. The smallest absolute Gasteiger partial charge is 0.155 e. The molecule has 1 nitrogen and oxygen atoms in total. The molecule has 0 saturated carbocycles. The van der Waals surface area contributed by atoms with Gasteiger partial charge >= 0.3 is 0 Å². The first kappa shape index (κ1) is 15.3. The summed E-state index contributed by atoms with van der Waals surface area (Å²) in [5, 5.41) is 10.1. The molecular formula is C11H10Cl4OS. The third-order valence-electron chi connectivity index (χ3n) is 1.93. The lowest BCUT2D eigenvalue weighted by Gasteiger charge is -2.10. The molecule has 0 heterocycles. The third kappa shape index (κ3) is 3.62. The van der Waals surface area contributed by atoms with Gasteiger partial charge in [0.05, 0.1) is 10.0 Å². The Morgan fingerprint density at radius 1 is 1.00 bits per heavy atom. The summed E-state index contributed by atoms with van der Waals surface area (Å²) in [4.78, 5) is 0.585. The third-order valence-corrected chi connectivity index (χ3v) is 4.89. The van der Waals surface area contributed by atoms with Gasteiger partial charge in [0, 0.05) is 10.6 Å². The summed E-state index contributed by atoms with van der Waals surface area (Å²) in [6, 6.07) is 0. The first-order valence-corrected chi connectivity index (χ1v) is 7.33. The van der Waals surface area contributed by atoms with Crippen molar-refractivity contribution in [2.45, 2.75) is 18.2 Å². The molecule has 94 valence electrons. The molecule has 0 aliphatic carbocycles. The van der Waals surface area contributed by atoms with Gasteiger partial charge in [0.1, 0.15) is 10.0 Å². The lowest BCUT2D eigenvalue weighted by molar-refractivity contribution is 0.475. The molecule has 0 saturated heterocycles. The van der Waals surface area contributed by atoms with Crippen molar-refractivity contribution in [1.29, 1.82) is 0 Å². The minimum Gasteiger partial charge on any atom is -0.505 e. The molecule has 0 spiro atoms. The molecule has 17 heavy (non-hydrogen) atoms. The van der Waals surface area contributed by atoms with Crippen LogP contribution in [0.1, 0.15) is 13.3 Å². The normalized spacial score (nSPS) is 11.4. The maximum atomic E-state index is 9.55. The van der Waals surface area contributed by atoms with Crippen LogP contribution >= 0.6 is 58.2 Å². The number of hydrogen-bond acceptors (Lipinski definition) is 2. The van der Waals surface area contributed by atoms with Crippen molar-refractivity contribution in [2.24, 2.45) is 0 Å². The van der Waals surface area contributed by atoms with E-state index >= 15 is 0 Å². The highest BCUT2D eigenvalue weighted by atomic mass is 35.5. The van der Waals surface area contributed by atoms with Crippen LogP contribution in [0.25, 0.3) is 0 Å². The lowest BCUT2D eigenvalue weighted by atomic mass is 10.3. The van der Waals surface area contributed by atoms with E-state index in [1.165, 1.54) is 11.8 Å². The highest BCUT2D eigenvalue weighted by molar-refractivity contribution is 7.99. The fraction of sp³-hybridized carbons (Fsp3) is 0.273. The van der Waals surface area contributed by atoms with E-state index in [-0.39, 0.29) is 25.8 Å². The van der Waals surface area contributed by atoms with Gasteiger partial charge in [-0.05, 0) is 6.42 Å². The van der Waals surface area contributed by atoms with Crippen LogP contribution in [0.3, 0.4) is 0 Å². The van der Waals surface area contributed by atoms with Crippen LogP contribution in [0.2, 0.25) is 20.1 Å². The Hall–Kier alpha value is 0.270. The zero-order valence-electron chi connectivity index (χ0n) is 8.94. The molecule has 1 rings (SSSR count). The average molecular weight is 332 g/mol. The molecule has 0 radical (unpaired) electrons. The summed E-state index contributed by atoms with van der Waals surface area (Å²) in [6.45, 7) is 2.05. The maximum Gasteiger partial charge on any atom is 0.155 e. The Balaban J connectivity index is 3.03. The number of hydrogen-bond donors (Lipinski definition) is 1. The number of phenolic OH excluding ortho intramolecular Hbond substituents is 1. The van der Waals surface area contributed by atoms with Crippen LogP contribution in [0.15, 0.2) is 17.0 Å². The van der Waals surface area contributed by atoms with Gasteiger partial charge in [0.15, 0.2) is 5.75 Å². The SMILES string of the molecule is CCC=CCSc1c(Cl)c(Cl)c(O)c(Cl)c1Cl. The Morgan fingerprint density at radius 2 is 1.53 bits per heavy atom. The van der Waals surface area contributed by atoms with E-state index < -0.39 is 0 Å². The Morgan fingerprint density at radius 3 is 2.00 bits per heavy atom. The summed E-state index contributed by atoms with van der Waals surface area (Å²) in [5.41, 5.74) is 0. The van der Waals surface area contributed by atoms with Crippen molar-refractivity contribution in [3.8, 4) is 5.75 Å². The van der Waals surface area contributed by atoms with Gasteiger partial charge in [0.25, 0.3) is 0 Å². The number of phenols is 1. The van der Waals surface area contributed by atoms with E-state index in [0.717, 1.165) is 6.42 Å². The molecule has 0 aliphatic rings. The standard InChI is InChI=1S/C11H10Cl4OS/c1-2-3-4-5-17-11-8(14)6(12)10(16)7(13)9(11)15/h3-4,16H,2,5H2,1H3. The van der Waals surface area contributed by atoms with E-state index in [1.807, 2.05) is 12.2 Å². The fourth-order valence-corrected chi connectivity index (χ4v) is 3.23. The Kier molecular flexibility index (Phi) is 6.32. The van der Waals surface area contributed by atoms with E-state index in [2.05, 4.69) is 6.92 Å². The van der Waals surface area contributed by atoms with Crippen molar-refractivity contribution in [3.05, 3.63) is 32.2 Å². The summed E-state index contributed by atoms with van der Waals surface area (Å²) in [5.74, 6) is 0.432. The second kappa shape index (κ2) is 7.01. The minimum atomic E-state index is -0.281. The van der Waals surface area contributed by atoms with Crippen molar-refractivity contribution in [2.75, 3.05) is 5.75 Å². The number of halogens is 4. The van der Waals surface area contributed by atoms with Gasteiger partial charge in [-0.2, -0.15) is 0 Å². The van der Waals surface area contributed by atoms with Gasteiger partial charge in [-0.1, -0.05) is 65.5 Å². The second-order valence-electron chi connectivity index (χ2n) is 3.12. The topological polar surface area (TPSA) is 20.2 Å². The van der Waals surface area contributed by atoms with Crippen LogP contribution in [0, 0.1) is 0 Å². The average Bonchev–Trinajstić information content (AvgIpc) is 2.33. The second-order valence-corrected chi connectivity index (χ2v) is 5.67. The Bertz CT molecular complexity index is 417. The zero-order chi connectivity index (χ0) is 13.0. The van der Waals surface area contributed by atoms with E-state index in [9.17, 15) is 5.11 Å². The van der Waals surface area contributed by atoms with Crippen molar-refractivity contribution < 1.29 is 5.11 Å². The van der Waals surface area contributed by atoms with Crippen molar-refractivity contribution in [3.63, 3.8) is 0 Å². The van der Waals surface area contributed by atoms with Crippen molar-refractivity contribution in [1.82, 2.24) is 0 Å². The van der Waals surface area contributed by atoms with Crippen LogP contribution < -0.4 is 0 Å². The Labute approximate surface area is 125 Å². The first-order chi connectivity index (χ1) is 8.00. The van der Waals surface area contributed by atoms with Crippen LogP contribution in [0.5, 0.6) is 5.75 Å². The molecule has 1 N–H and O–H groups in total. The summed E-state index contributed by atoms with van der Waals surface area (Å²) >= 11 is 25.1. The molecule has 6 heteroatoms. The van der Waals surface area contributed by atoms with Gasteiger partial charge in [0.2, 0.25) is 0 Å². The molecule has 1 aromatic rings. The molecule has 0 fully saturated rings. The molecule has 0 aliphatic heterocycles. The summed E-state index contributed by atoms with van der Waals surface area (Å²) < 4.78 is 0. The number of rotatable bonds is 4. The highest BCUT2D eigenvalue weighted by Crippen LogP contribution is 2.48. The lowest BCUT2D eigenvalue weighted by Crippen LogP contribution is -1.84. The molecular weight excluding hydrogens is 322 g/mol. The van der Waals surface area contributed by atoms with Gasteiger partial charge in [-0.25, -0.2) is 0 Å². The highest BCUT2D eigenvalue weighted by Gasteiger charge is 2.19. The molecule has 1 aromatic carbocycles. The predicted octanol–water partition coefficient (Wildman–Crippen LogP) is 6.06. The molecule has 0 atom stereocenters. The molecule has 0 aromatic heterocycles. The number of thioether (sulfide) groups is 1. The largest absolute Gasteiger partial charge is 0.505 e. The summed E-state index contributed by atoms with van der Waals surface area (Å²) in [6.07, 6.45) is 5.02. The van der Waals surface area contributed by atoms with Crippen LogP contribution in [0.4, 0.5) is 0 Å². The summed E-state index contributed by atoms with van der Waals surface area (Å²) in [7, 11) is 0. The number of aromatic hydroxyl groups is 1. The fourth-order valence-electron chi connectivity index (χ4n) is 1.09. The predicted molar refractivity (Wildman–Crippen MR) is 78.3 cm³/mol. The van der Waals surface area contributed by atoms with Crippen molar-refractivity contribution >= 4 is 58.2 Å².